The fourth-order valence-corrected chi connectivity index (χ4v) is 7.08. The lowest BCUT2D eigenvalue weighted by Gasteiger charge is -2.60. The first kappa shape index (κ1) is 14.0. The van der Waals surface area contributed by atoms with E-state index in [1.54, 1.807) is 0 Å². The first-order valence-electron chi connectivity index (χ1n) is 9.17. The molecule has 0 bridgehead atoms. The Hall–Kier alpha value is -0.590. The Balaban J connectivity index is 1.72. The summed E-state index contributed by atoms with van der Waals surface area (Å²) >= 11 is 0. The predicted octanol–water partition coefficient (Wildman–Crippen LogP) is 5.01. The molecule has 0 radical (unpaired) electrons. The van der Waals surface area contributed by atoms with Gasteiger partial charge in [0.1, 0.15) is 5.78 Å². The second-order valence-corrected chi connectivity index (χ2v) is 9.01. The van der Waals surface area contributed by atoms with E-state index in [1.165, 1.54) is 32.1 Å². The zero-order chi connectivity index (χ0) is 14.8. The topological polar surface area (TPSA) is 17.1 Å². The molecule has 0 heterocycles. The monoisotopic (exact) mass is 286 g/mol. The summed E-state index contributed by atoms with van der Waals surface area (Å²) in [5.74, 6) is 4.54. The van der Waals surface area contributed by atoms with Crippen molar-refractivity contribution in [2.75, 3.05) is 0 Å². The van der Waals surface area contributed by atoms with Gasteiger partial charge in [-0.3, -0.25) is 4.79 Å². The summed E-state index contributed by atoms with van der Waals surface area (Å²) < 4.78 is 0. The van der Waals surface area contributed by atoms with E-state index < -0.39 is 0 Å². The molecular formula is C20H30O. The average molecular weight is 286 g/mol. The number of carbonyl (C=O) groups is 1. The minimum atomic E-state index is 0.0363. The molecule has 0 amide bonds. The SMILES string of the molecule is C[C@H]1C[C@@H]2[C@H](CC[C@]3(C)C(=O)CC[C@@H]23)[C@@]2(C)CCC=C[C@H]12. The standard InChI is InChI=1S/C20H30O/c1-13-12-14-16-7-8-18(21)20(16,3)11-9-17(14)19(2)10-5-4-6-15(13)19/h4,6,13-17H,5,7-12H2,1-3H3/t13-,14-,15+,16-,17-,19-,20-/m0/s1. The quantitative estimate of drug-likeness (QED) is 0.572. The number of Topliss-reactive ketones (excluding diaryl/α,β-unsaturated/α-hetero) is 1. The third kappa shape index (κ3) is 1.72. The van der Waals surface area contributed by atoms with E-state index in [0.29, 0.717) is 17.1 Å². The van der Waals surface area contributed by atoms with Crippen molar-refractivity contribution in [3.05, 3.63) is 12.2 Å². The van der Waals surface area contributed by atoms with Crippen LogP contribution in [0.15, 0.2) is 12.2 Å². The highest BCUT2D eigenvalue weighted by Gasteiger charge is 2.60. The summed E-state index contributed by atoms with van der Waals surface area (Å²) in [4.78, 5) is 12.4. The van der Waals surface area contributed by atoms with E-state index in [2.05, 4.69) is 32.9 Å². The lowest BCUT2D eigenvalue weighted by molar-refractivity contribution is -0.138. The zero-order valence-electron chi connectivity index (χ0n) is 13.9. The highest BCUT2D eigenvalue weighted by Crippen LogP contribution is 2.65. The van der Waals surface area contributed by atoms with E-state index in [1.807, 2.05) is 0 Å². The molecule has 4 aliphatic rings. The van der Waals surface area contributed by atoms with Crippen LogP contribution < -0.4 is 0 Å². The van der Waals surface area contributed by atoms with Crippen LogP contribution in [0.3, 0.4) is 0 Å². The average Bonchev–Trinajstić information content (AvgIpc) is 2.75. The van der Waals surface area contributed by atoms with Gasteiger partial charge in [0.05, 0.1) is 0 Å². The van der Waals surface area contributed by atoms with Gasteiger partial charge in [0.2, 0.25) is 0 Å². The summed E-state index contributed by atoms with van der Waals surface area (Å²) in [6, 6.07) is 0. The second kappa shape index (κ2) is 4.46. The minimum absolute atomic E-state index is 0.0363. The van der Waals surface area contributed by atoms with Crippen LogP contribution in [-0.4, -0.2) is 5.78 Å². The Labute approximate surface area is 129 Å². The zero-order valence-corrected chi connectivity index (χ0v) is 13.9. The van der Waals surface area contributed by atoms with E-state index in [4.69, 9.17) is 0 Å². The third-order valence-electron chi connectivity index (χ3n) is 8.20. The van der Waals surface area contributed by atoms with Crippen LogP contribution in [0.1, 0.15) is 65.7 Å². The smallest absolute Gasteiger partial charge is 0.139 e. The number of hydrogen-bond acceptors (Lipinski definition) is 1. The predicted molar refractivity (Wildman–Crippen MR) is 85.8 cm³/mol. The van der Waals surface area contributed by atoms with Crippen molar-refractivity contribution in [3.8, 4) is 0 Å². The first-order chi connectivity index (χ1) is 9.97. The van der Waals surface area contributed by atoms with Crippen molar-refractivity contribution in [1.82, 2.24) is 0 Å². The highest BCUT2D eigenvalue weighted by atomic mass is 16.1. The number of allylic oxidation sites excluding steroid dienone is 2. The Bertz CT molecular complexity index is 492. The van der Waals surface area contributed by atoms with Gasteiger partial charge < -0.3 is 0 Å². The van der Waals surface area contributed by atoms with Gasteiger partial charge in [-0.25, -0.2) is 0 Å². The Kier molecular flexibility index (Phi) is 2.98. The van der Waals surface area contributed by atoms with Crippen LogP contribution in [0, 0.1) is 40.4 Å². The molecule has 0 saturated heterocycles. The molecule has 7 atom stereocenters. The normalized spacial score (nSPS) is 55.8. The molecule has 0 aromatic heterocycles. The van der Waals surface area contributed by atoms with Gasteiger partial charge in [-0.2, -0.15) is 0 Å². The molecule has 0 spiro atoms. The molecule has 3 fully saturated rings. The number of fused-ring (bicyclic) bond motifs is 5. The van der Waals surface area contributed by atoms with Crippen molar-refractivity contribution in [2.45, 2.75) is 65.7 Å². The van der Waals surface area contributed by atoms with Crippen molar-refractivity contribution < 1.29 is 4.79 Å². The van der Waals surface area contributed by atoms with E-state index in [-0.39, 0.29) is 5.41 Å². The Morgan fingerprint density at radius 1 is 1.14 bits per heavy atom. The fraction of sp³-hybridized carbons (Fsp3) is 0.850. The molecule has 116 valence electrons. The van der Waals surface area contributed by atoms with Crippen molar-refractivity contribution in [2.24, 2.45) is 40.4 Å². The van der Waals surface area contributed by atoms with Gasteiger partial charge in [0, 0.05) is 11.8 Å². The van der Waals surface area contributed by atoms with Crippen LogP contribution in [0.4, 0.5) is 0 Å². The number of rotatable bonds is 0. The molecule has 0 aromatic carbocycles. The van der Waals surface area contributed by atoms with Crippen LogP contribution >= 0.6 is 0 Å². The fourth-order valence-electron chi connectivity index (χ4n) is 7.08. The molecule has 0 N–H and O–H groups in total. The molecule has 0 unspecified atom stereocenters. The molecule has 4 rings (SSSR count). The van der Waals surface area contributed by atoms with Gasteiger partial charge in [0.15, 0.2) is 0 Å². The second-order valence-electron chi connectivity index (χ2n) is 9.01. The van der Waals surface area contributed by atoms with Crippen molar-refractivity contribution >= 4 is 5.78 Å². The van der Waals surface area contributed by atoms with Crippen molar-refractivity contribution in [1.29, 1.82) is 0 Å². The maximum absolute atomic E-state index is 12.4. The van der Waals surface area contributed by atoms with Gasteiger partial charge in [-0.1, -0.05) is 32.9 Å². The van der Waals surface area contributed by atoms with E-state index >= 15 is 0 Å². The van der Waals surface area contributed by atoms with E-state index in [0.717, 1.165) is 36.5 Å². The number of hydrogen-bond donors (Lipinski definition) is 0. The van der Waals surface area contributed by atoms with Crippen LogP contribution in [0.2, 0.25) is 0 Å². The summed E-state index contributed by atoms with van der Waals surface area (Å²) in [6.45, 7) is 7.34. The summed E-state index contributed by atoms with van der Waals surface area (Å²) in [5.41, 5.74) is 0.540. The molecule has 1 heteroatoms. The summed E-state index contributed by atoms with van der Waals surface area (Å²) in [5, 5.41) is 0. The minimum Gasteiger partial charge on any atom is -0.299 e. The maximum Gasteiger partial charge on any atom is 0.139 e. The lowest BCUT2D eigenvalue weighted by atomic mass is 9.44. The molecule has 4 aliphatic carbocycles. The molecule has 0 aliphatic heterocycles. The van der Waals surface area contributed by atoms with Gasteiger partial charge in [0.25, 0.3) is 0 Å². The number of ketones is 1. The van der Waals surface area contributed by atoms with Crippen LogP contribution in [-0.2, 0) is 4.79 Å². The molecule has 21 heavy (non-hydrogen) atoms. The van der Waals surface area contributed by atoms with E-state index in [9.17, 15) is 4.79 Å². The molecule has 3 saturated carbocycles. The lowest BCUT2D eigenvalue weighted by Crippen LogP contribution is -2.54. The largest absolute Gasteiger partial charge is 0.299 e. The third-order valence-corrected chi connectivity index (χ3v) is 8.20. The molecular weight excluding hydrogens is 256 g/mol. The van der Waals surface area contributed by atoms with Crippen molar-refractivity contribution in [3.63, 3.8) is 0 Å². The highest BCUT2D eigenvalue weighted by molar-refractivity contribution is 5.87. The summed E-state index contributed by atoms with van der Waals surface area (Å²) in [6.07, 6.45) is 13.5. The van der Waals surface area contributed by atoms with Gasteiger partial charge in [-0.15, -0.1) is 0 Å². The Morgan fingerprint density at radius 3 is 2.76 bits per heavy atom. The van der Waals surface area contributed by atoms with Crippen LogP contribution in [0.25, 0.3) is 0 Å². The number of carbonyl (C=O) groups excluding carboxylic acids is 1. The summed E-state index contributed by atoms with van der Waals surface area (Å²) in [7, 11) is 0. The maximum atomic E-state index is 12.4. The molecule has 0 aromatic rings. The first-order valence-corrected chi connectivity index (χ1v) is 9.17. The Morgan fingerprint density at radius 2 is 1.95 bits per heavy atom. The van der Waals surface area contributed by atoms with Gasteiger partial charge in [-0.05, 0) is 73.5 Å². The van der Waals surface area contributed by atoms with Crippen LogP contribution in [0.5, 0.6) is 0 Å². The van der Waals surface area contributed by atoms with Gasteiger partial charge >= 0.3 is 0 Å². The molecule has 1 nitrogen and oxygen atoms in total.